The number of nitrogens with one attached hydrogen (secondary N) is 1. The van der Waals surface area contributed by atoms with Gasteiger partial charge in [-0.1, -0.05) is 23.7 Å². The molecule has 1 heterocycles. The van der Waals surface area contributed by atoms with Crippen LogP contribution in [0.25, 0.3) is 0 Å². The standard InChI is InChI=1S/C18H18ClF2N3O/c19-14-3-1-13(2-4-14)12-23-7-9-24(10-8-23)18(25)22-17-6-5-15(20)11-16(17)21/h1-6,11H,7-10,12H2,(H,22,25). The molecule has 25 heavy (non-hydrogen) atoms. The third kappa shape index (κ3) is 4.67. The van der Waals surface area contributed by atoms with Gasteiger partial charge in [-0.2, -0.15) is 0 Å². The maximum atomic E-state index is 13.6. The number of urea groups is 1. The molecule has 3 rings (SSSR count). The van der Waals surface area contributed by atoms with Gasteiger partial charge in [0.15, 0.2) is 0 Å². The predicted molar refractivity (Wildman–Crippen MR) is 93.7 cm³/mol. The van der Waals surface area contributed by atoms with Crippen LogP contribution < -0.4 is 5.32 Å². The van der Waals surface area contributed by atoms with E-state index in [0.29, 0.717) is 18.1 Å². The first-order chi connectivity index (χ1) is 12.0. The van der Waals surface area contributed by atoms with Crippen molar-refractivity contribution < 1.29 is 13.6 Å². The zero-order valence-corrected chi connectivity index (χ0v) is 14.3. The number of carbonyl (C=O) groups is 1. The lowest BCUT2D eigenvalue weighted by molar-refractivity contribution is 0.143. The van der Waals surface area contributed by atoms with Crippen LogP contribution in [-0.4, -0.2) is 42.0 Å². The second kappa shape index (κ2) is 7.80. The van der Waals surface area contributed by atoms with Crippen molar-refractivity contribution in [2.45, 2.75) is 6.54 Å². The van der Waals surface area contributed by atoms with Gasteiger partial charge in [0.05, 0.1) is 5.69 Å². The number of amides is 2. The second-order valence-corrected chi connectivity index (χ2v) is 6.38. The van der Waals surface area contributed by atoms with E-state index >= 15 is 0 Å². The van der Waals surface area contributed by atoms with Gasteiger partial charge in [-0.15, -0.1) is 0 Å². The number of carbonyl (C=O) groups excluding carboxylic acids is 1. The van der Waals surface area contributed by atoms with Crippen LogP contribution in [0, 0.1) is 11.6 Å². The van der Waals surface area contributed by atoms with Gasteiger partial charge in [-0.05, 0) is 29.8 Å². The van der Waals surface area contributed by atoms with E-state index in [9.17, 15) is 13.6 Å². The lowest BCUT2D eigenvalue weighted by Gasteiger charge is -2.34. The van der Waals surface area contributed by atoms with Crippen molar-refractivity contribution in [3.8, 4) is 0 Å². The van der Waals surface area contributed by atoms with E-state index in [-0.39, 0.29) is 11.7 Å². The maximum Gasteiger partial charge on any atom is 0.322 e. The molecule has 7 heteroatoms. The lowest BCUT2D eigenvalue weighted by Crippen LogP contribution is -2.49. The molecular formula is C18H18ClF2N3O. The summed E-state index contributed by atoms with van der Waals surface area (Å²) in [5.41, 5.74) is 1.14. The van der Waals surface area contributed by atoms with E-state index in [1.54, 1.807) is 4.90 Å². The van der Waals surface area contributed by atoms with E-state index in [1.807, 2.05) is 24.3 Å². The number of hydrogen-bond donors (Lipinski definition) is 1. The number of anilines is 1. The molecule has 0 unspecified atom stereocenters. The van der Waals surface area contributed by atoms with Crippen LogP contribution in [0.5, 0.6) is 0 Å². The average Bonchev–Trinajstić information content (AvgIpc) is 2.60. The van der Waals surface area contributed by atoms with E-state index in [0.717, 1.165) is 37.3 Å². The quantitative estimate of drug-likeness (QED) is 0.893. The topological polar surface area (TPSA) is 35.6 Å². The van der Waals surface area contributed by atoms with Crippen molar-refractivity contribution in [3.63, 3.8) is 0 Å². The summed E-state index contributed by atoms with van der Waals surface area (Å²) in [6, 6.07) is 10.4. The Morgan fingerprint density at radius 2 is 1.72 bits per heavy atom. The highest BCUT2D eigenvalue weighted by Crippen LogP contribution is 2.17. The largest absolute Gasteiger partial charge is 0.322 e. The molecule has 2 aromatic carbocycles. The van der Waals surface area contributed by atoms with E-state index in [4.69, 9.17) is 11.6 Å². The molecule has 2 amide bonds. The zero-order valence-electron chi connectivity index (χ0n) is 13.5. The van der Waals surface area contributed by atoms with Crippen LogP contribution in [0.3, 0.4) is 0 Å². The summed E-state index contributed by atoms with van der Waals surface area (Å²) in [6.07, 6.45) is 0. The minimum atomic E-state index is -0.783. The number of rotatable bonds is 3. The number of piperazine rings is 1. The minimum Gasteiger partial charge on any atom is -0.322 e. The highest BCUT2D eigenvalue weighted by atomic mass is 35.5. The molecule has 2 aromatic rings. The SMILES string of the molecule is O=C(Nc1ccc(F)cc1F)N1CCN(Cc2ccc(Cl)cc2)CC1. The first-order valence-electron chi connectivity index (χ1n) is 7.99. The maximum absolute atomic E-state index is 13.6. The van der Waals surface area contributed by atoms with Crippen LogP contribution in [0.15, 0.2) is 42.5 Å². The average molecular weight is 366 g/mol. The fourth-order valence-electron chi connectivity index (χ4n) is 2.74. The van der Waals surface area contributed by atoms with Gasteiger partial charge in [0.2, 0.25) is 0 Å². The van der Waals surface area contributed by atoms with Crippen LogP contribution in [0.4, 0.5) is 19.3 Å². The van der Waals surface area contributed by atoms with Crippen LogP contribution >= 0.6 is 11.6 Å². The van der Waals surface area contributed by atoms with Gasteiger partial charge < -0.3 is 10.2 Å². The zero-order chi connectivity index (χ0) is 17.8. The van der Waals surface area contributed by atoms with Crippen LogP contribution in [0.2, 0.25) is 5.02 Å². The van der Waals surface area contributed by atoms with Crippen molar-refractivity contribution in [1.82, 2.24) is 9.80 Å². The Bertz CT molecular complexity index is 746. The molecule has 1 aliphatic heterocycles. The molecular weight excluding hydrogens is 348 g/mol. The number of hydrogen-bond acceptors (Lipinski definition) is 2. The Balaban J connectivity index is 1.51. The summed E-state index contributed by atoms with van der Waals surface area (Å²) in [6.45, 7) is 3.33. The van der Waals surface area contributed by atoms with Crippen molar-refractivity contribution in [2.24, 2.45) is 0 Å². The summed E-state index contributed by atoms with van der Waals surface area (Å²) in [5, 5.41) is 3.20. The van der Waals surface area contributed by atoms with Gasteiger partial charge in [0, 0.05) is 43.8 Å². The summed E-state index contributed by atoms with van der Waals surface area (Å²) in [5.74, 6) is -1.46. The molecule has 0 atom stereocenters. The third-order valence-corrected chi connectivity index (χ3v) is 4.40. The smallest absolute Gasteiger partial charge is 0.322 e. The normalized spacial score (nSPS) is 15.2. The highest BCUT2D eigenvalue weighted by Gasteiger charge is 2.22. The van der Waals surface area contributed by atoms with Crippen molar-refractivity contribution in [1.29, 1.82) is 0 Å². The molecule has 0 bridgehead atoms. The molecule has 0 spiro atoms. The lowest BCUT2D eigenvalue weighted by atomic mass is 10.2. The molecule has 0 saturated carbocycles. The molecule has 132 valence electrons. The fraction of sp³-hybridized carbons (Fsp3) is 0.278. The predicted octanol–water partition coefficient (Wildman–Crippen LogP) is 3.97. The van der Waals surface area contributed by atoms with E-state index in [1.165, 1.54) is 6.07 Å². The first kappa shape index (κ1) is 17.6. The van der Waals surface area contributed by atoms with Crippen LogP contribution in [0.1, 0.15) is 5.56 Å². The number of halogens is 3. The van der Waals surface area contributed by atoms with E-state index < -0.39 is 11.6 Å². The molecule has 0 aromatic heterocycles. The van der Waals surface area contributed by atoms with Gasteiger partial charge in [-0.3, -0.25) is 4.90 Å². The summed E-state index contributed by atoms with van der Waals surface area (Å²) in [4.78, 5) is 16.1. The Hall–Kier alpha value is -2.18. The monoisotopic (exact) mass is 365 g/mol. The van der Waals surface area contributed by atoms with Crippen molar-refractivity contribution in [3.05, 3.63) is 64.7 Å². The second-order valence-electron chi connectivity index (χ2n) is 5.94. The fourth-order valence-corrected chi connectivity index (χ4v) is 2.87. The molecule has 1 fully saturated rings. The molecule has 1 N–H and O–H groups in total. The van der Waals surface area contributed by atoms with Crippen molar-refractivity contribution in [2.75, 3.05) is 31.5 Å². The third-order valence-electron chi connectivity index (χ3n) is 4.15. The van der Waals surface area contributed by atoms with Gasteiger partial charge in [0.25, 0.3) is 0 Å². The summed E-state index contributed by atoms with van der Waals surface area (Å²) < 4.78 is 26.5. The molecule has 1 saturated heterocycles. The molecule has 4 nitrogen and oxygen atoms in total. The molecule has 0 aliphatic carbocycles. The summed E-state index contributed by atoms with van der Waals surface area (Å²) in [7, 11) is 0. The van der Waals surface area contributed by atoms with Crippen molar-refractivity contribution >= 4 is 23.3 Å². The number of nitrogens with zero attached hydrogens (tertiary/aromatic N) is 2. The Morgan fingerprint density at radius 1 is 1.04 bits per heavy atom. The highest BCUT2D eigenvalue weighted by molar-refractivity contribution is 6.30. The van der Waals surface area contributed by atoms with Gasteiger partial charge >= 0.3 is 6.03 Å². The summed E-state index contributed by atoms with van der Waals surface area (Å²) >= 11 is 5.88. The Morgan fingerprint density at radius 3 is 2.36 bits per heavy atom. The van der Waals surface area contributed by atoms with Gasteiger partial charge in [-0.25, -0.2) is 13.6 Å². The van der Waals surface area contributed by atoms with Gasteiger partial charge in [0.1, 0.15) is 11.6 Å². The first-order valence-corrected chi connectivity index (χ1v) is 8.37. The Kier molecular flexibility index (Phi) is 5.50. The van der Waals surface area contributed by atoms with E-state index in [2.05, 4.69) is 10.2 Å². The van der Waals surface area contributed by atoms with Crippen LogP contribution in [-0.2, 0) is 6.54 Å². The minimum absolute atomic E-state index is 0.0185. The molecule has 1 aliphatic rings. The Labute approximate surface area is 150 Å². The molecule has 0 radical (unpaired) electrons. The number of benzene rings is 2.